The molecule has 1 aliphatic carbocycles. The number of nitrogens with one attached hydrogen (secondary N) is 2. The maximum absolute atomic E-state index is 13.2. The lowest BCUT2D eigenvalue weighted by molar-refractivity contribution is -0.116. The van der Waals surface area contributed by atoms with Gasteiger partial charge in [0.1, 0.15) is 0 Å². The van der Waals surface area contributed by atoms with Crippen LogP contribution in [0.5, 0.6) is 0 Å². The molecule has 142 valence electrons. The Hall–Kier alpha value is -1.68. The fraction of sp³-hybridized carbons (Fsp3) is 0.636. The van der Waals surface area contributed by atoms with Crippen molar-refractivity contribution in [2.45, 2.75) is 71.6 Å². The van der Waals surface area contributed by atoms with E-state index in [1.54, 1.807) is 0 Å². The second-order valence-electron chi connectivity index (χ2n) is 8.03. The molecule has 0 aromatic heterocycles. The smallest absolute Gasteiger partial charge is 0.224 e. The van der Waals surface area contributed by atoms with Gasteiger partial charge in [-0.2, -0.15) is 0 Å². The molecule has 4 nitrogen and oxygen atoms in total. The molecule has 1 aromatic rings. The van der Waals surface area contributed by atoms with Gasteiger partial charge in [0.2, 0.25) is 5.91 Å². The number of aryl methyl sites for hydroxylation is 2. The second-order valence-corrected chi connectivity index (χ2v) is 8.03. The molecule has 4 heteroatoms. The largest absolute Gasteiger partial charge is 0.326 e. The first kappa shape index (κ1) is 19.1. The molecule has 0 radical (unpaired) electrons. The van der Waals surface area contributed by atoms with Crippen molar-refractivity contribution in [1.82, 2.24) is 5.32 Å². The first-order valence-electron chi connectivity index (χ1n) is 10.2. The summed E-state index contributed by atoms with van der Waals surface area (Å²) in [5.41, 5.74) is 5.13. The molecule has 26 heavy (non-hydrogen) atoms. The van der Waals surface area contributed by atoms with Gasteiger partial charge >= 0.3 is 0 Å². The van der Waals surface area contributed by atoms with Crippen molar-refractivity contribution in [2.75, 3.05) is 18.4 Å². The molecule has 0 saturated carbocycles. The Morgan fingerprint density at radius 1 is 1.23 bits per heavy atom. The number of fused-ring (bicyclic) bond motifs is 3. The van der Waals surface area contributed by atoms with Crippen LogP contribution in [0.1, 0.15) is 85.3 Å². The lowest BCUT2D eigenvalue weighted by atomic mass is 9.75. The fourth-order valence-electron chi connectivity index (χ4n) is 4.45. The molecule has 2 unspecified atom stereocenters. The number of Topliss-reactive ketones (excluding diaryl/α,β-unsaturated/α-hetero) is 1. The summed E-state index contributed by atoms with van der Waals surface area (Å²) in [7, 11) is 0. The van der Waals surface area contributed by atoms with E-state index in [4.69, 9.17) is 0 Å². The van der Waals surface area contributed by atoms with Crippen molar-refractivity contribution < 1.29 is 9.59 Å². The number of anilines is 1. The van der Waals surface area contributed by atoms with Gasteiger partial charge in [0.25, 0.3) is 0 Å². The minimum atomic E-state index is 0.0570. The van der Waals surface area contributed by atoms with Crippen LogP contribution in [-0.2, 0) is 11.2 Å². The molecule has 2 N–H and O–H groups in total. The van der Waals surface area contributed by atoms with E-state index in [-0.39, 0.29) is 23.5 Å². The second kappa shape index (κ2) is 8.34. The summed E-state index contributed by atoms with van der Waals surface area (Å²) in [6.07, 6.45) is 7.32. The lowest BCUT2D eigenvalue weighted by Gasteiger charge is -2.32. The molecule has 3 rings (SSSR count). The number of hydrogen-bond donors (Lipinski definition) is 2. The van der Waals surface area contributed by atoms with E-state index in [1.165, 1.54) is 31.2 Å². The molecule has 0 bridgehead atoms. The van der Waals surface area contributed by atoms with Gasteiger partial charge in [0.05, 0.1) is 0 Å². The standard InChI is InChI=1S/C22H32N2O2/c1-4-5-6-7-10-23-13-17-9-8-16-11-15(3)21-19(20(16)22(17)26)14(2)12-18(25)24-21/h11,14,17,23H,4-10,12-13H2,1-3H3,(H,24,25). The third kappa shape index (κ3) is 3.85. The molecule has 0 spiro atoms. The van der Waals surface area contributed by atoms with Crippen LogP contribution in [0.15, 0.2) is 6.07 Å². The number of carbonyl (C=O) groups excluding carboxylic acids is 2. The first-order valence-corrected chi connectivity index (χ1v) is 10.2. The molecule has 1 heterocycles. The molecule has 2 aliphatic rings. The number of carbonyl (C=O) groups is 2. The van der Waals surface area contributed by atoms with Gasteiger partial charge in [-0.1, -0.05) is 39.2 Å². The van der Waals surface area contributed by atoms with Crippen molar-refractivity contribution in [3.8, 4) is 0 Å². The summed E-state index contributed by atoms with van der Waals surface area (Å²) >= 11 is 0. The highest BCUT2D eigenvalue weighted by atomic mass is 16.1. The van der Waals surface area contributed by atoms with Crippen molar-refractivity contribution in [1.29, 1.82) is 0 Å². The normalized spacial score (nSPS) is 22.0. The maximum atomic E-state index is 13.2. The van der Waals surface area contributed by atoms with E-state index in [9.17, 15) is 9.59 Å². The monoisotopic (exact) mass is 356 g/mol. The molecule has 1 amide bonds. The summed E-state index contributed by atoms with van der Waals surface area (Å²) in [5, 5.41) is 6.50. The number of amides is 1. The Balaban J connectivity index is 1.75. The van der Waals surface area contributed by atoms with Gasteiger partial charge in [-0.05, 0) is 55.3 Å². The third-order valence-electron chi connectivity index (χ3n) is 5.87. The van der Waals surface area contributed by atoms with Gasteiger partial charge in [-0.15, -0.1) is 0 Å². The zero-order chi connectivity index (χ0) is 18.7. The van der Waals surface area contributed by atoms with Gasteiger partial charge in [-0.25, -0.2) is 0 Å². The highest BCUT2D eigenvalue weighted by Crippen LogP contribution is 2.41. The summed E-state index contributed by atoms with van der Waals surface area (Å²) < 4.78 is 0. The van der Waals surface area contributed by atoms with Crippen molar-refractivity contribution in [3.63, 3.8) is 0 Å². The average Bonchev–Trinajstić information content (AvgIpc) is 2.60. The van der Waals surface area contributed by atoms with Crippen LogP contribution in [0, 0.1) is 12.8 Å². The van der Waals surface area contributed by atoms with Crippen LogP contribution in [0.3, 0.4) is 0 Å². The molecule has 2 atom stereocenters. The third-order valence-corrected chi connectivity index (χ3v) is 5.87. The Kier molecular flexibility index (Phi) is 6.13. The lowest BCUT2D eigenvalue weighted by Crippen LogP contribution is -2.35. The van der Waals surface area contributed by atoms with Crippen LogP contribution >= 0.6 is 0 Å². The molecule has 1 aliphatic heterocycles. The van der Waals surface area contributed by atoms with Crippen molar-refractivity contribution >= 4 is 17.4 Å². The van der Waals surface area contributed by atoms with Gasteiger partial charge in [0, 0.05) is 30.1 Å². The van der Waals surface area contributed by atoms with Gasteiger partial charge in [-0.3, -0.25) is 9.59 Å². The fourth-order valence-corrected chi connectivity index (χ4v) is 4.45. The SMILES string of the molecule is CCCCCCNCC1CCc2cc(C)c3c(c2C1=O)C(C)CC(=O)N3. The zero-order valence-electron chi connectivity index (χ0n) is 16.4. The number of unbranched alkanes of at least 4 members (excludes halogenated alkanes) is 3. The molecular weight excluding hydrogens is 324 g/mol. The van der Waals surface area contributed by atoms with Crippen molar-refractivity contribution in [3.05, 3.63) is 28.3 Å². The zero-order valence-corrected chi connectivity index (χ0v) is 16.4. The minimum absolute atomic E-state index is 0.0570. The van der Waals surface area contributed by atoms with Crippen LogP contribution in [0.25, 0.3) is 0 Å². The van der Waals surface area contributed by atoms with E-state index >= 15 is 0 Å². The summed E-state index contributed by atoms with van der Waals surface area (Å²) in [6.45, 7) is 8.09. The van der Waals surface area contributed by atoms with Crippen molar-refractivity contribution in [2.24, 2.45) is 5.92 Å². The number of ketones is 1. The van der Waals surface area contributed by atoms with Gasteiger partial charge in [0.15, 0.2) is 5.78 Å². The predicted octanol–water partition coefficient (Wildman–Crippen LogP) is 4.36. The minimum Gasteiger partial charge on any atom is -0.326 e. The molecule has 1 aromatic carbocycles. The summed E-state index contributed by atoms with van der Waals surface area (Å²) in [5.74, 6) is 0.496. The Bertz CT molecular complexity index is 696. The van der Waals surface area contributed by atoms with Crippen LogP contribution in [0.4, 0.5) is 5.69 Å². The first-order chi connectivity index (χ1) is 12.5. The van der Waals surface area contributed by atoms with Crippen LogP contribution in [0.2, 0.25) is 0 Å². The predicted molar refractivity (Wildman–Crippen MR) is 106 cm³/mol. The highest BCUT2D eigenvalue weighted by molar-refractivity contribution is 6.06. The Morgan fingerprint density at radius 2 is 2.04 bits per heavy atom. The topological polar surface area (TPSA) is 58.2 Å². The molecule has 0 fully saturated rings. The number of benzene rings is 1. The Labute approximate surface area is 157 Å². The average molecular weight is 357 g/mol. The number of hydrogen-bond acceptors (Lipinski definition) is 3. The molecule has 0 saturated heterocycles. The van der Waals surface area contributed by atoms with E-state index in [2.05, 4.69) is 30.5 Å². The summed E-state index contributed by atoms with van der Waals surface area (Å²) in [6, 6.07) is 2.11. The quantitative estimate of drug-likeness (QED) is 0.714. The van der Waals surface area contributed by atoms with E-state index < -0.39 is 0 Å². The van der Waals surface area contributed by atoms with E-state index in [0.29, 0.717) is 6.42 Å². The Morgan fingerprint density at radius 3 is 2.81 bits per heavy atom. The highest BCUT2D eigenvalue weighted by Gasteiger charge is 2.35. The number of rotatable bonds is 7. The van der Waals surface area contributed by atoms with Crippen LogP contribution < -0.4 is 10.6 Å². The molecular formula is C22H32N2O2. The van der Waals surface area contributed by atoms with Crippen LogP contribution in [-0.4, -0.2) is 24.8 Å². The van der Waals surface area contributed by atoms with Gasteiger partial charge < -0.3 is 10.6 Å². The van der Waals surface area contributed by atoms with E-state index in [0.717, 1.165) is 48.3 Å². The summed E-state index contributed by atoms with van der Waals surface area (Å²) in [4.78, 5) is 25.2. The van der Waals surface area contributed by atoms with E-state index in [1.807, 2.05) is 6.92 Å². The maximum Gasteiger partial charge on any atom is 0.224 e.